The minimum absolute atomic E-state index is 0.260. The van der Waals surface area contributed by atoms with Crippen molar-refractivity contribution in [2.45, 2.75) is 71.3 Å². The SMILES string of the molecule is CC(C)(C)OC(=O)N[C@@H](CCCCN(Cc1ccccc1)C(=O)O)C(=O)N(Cc1ccncc1)Cc1ccncc1. The summed E-state index contributed by atoms with van der Waals surface area (Å²) in [6.07, 6.45) is 6.36. The smallest absolute Gasteiger partial charge is 0.408 e. The number of rotatable bonds is 13. The van der Waals surface area contributed by atoms with E-state index < -0.39 is 23.8 Å². The molecule has 1 atom stereocenters. The molecule has 2 heterocycles. The molecule has 2 N–H and O–H groups in total. The van der Waals surface area contributed by atoms with Crippen LogP contribution in [0.4, 0.5) is 9.59 Å². The zero-order chi connectivity index (χ0) is 29.7. The Morgan fingerprint density at radius 1 is 0.805 bits per heavy atom. The lowest BCUT2D eigenvalue weighted by molar-refractivity contribution is -0.135. The van der Waals surface area contributed by atoms with Gasteiger partial charge in [0.1, 0.15) is 11.6 Å². The number of unbranched alkanes of at least 4 members (excludes halogenated alkanes) is 1. The predicted octanol–water partition coefficient (Wildman–Crippen LogP) is 5.25. The molecular weight excluding hydrogens is 522 g/mol. The summed E-state index contributed by atoms with van der Waals surface area (Å²) in [7, 11) is 0. The highest BCUT2D eigenvalue weighted by molar-refractivity contribution is 5.85. The Labute approximate surface area is 241 Å². The molecule has 0 radical (unpaired) electrons. The highest BCUT2D eigenvalue weighted by Gasteiger charge is 2.28. The van der Waals surface area contributed by atoms with E-state index in [1.54, 1.807) is 50.5 Å². The van der Waals surface area contributed by atoms with Crippen molar-refractivity contribution >= 4 is 18.1 Å². The zero-order valence-corrected chi connectivity index (χ0v) is 23.9. The summed E-state index contributed by atoms with van der Waals surface area (Å²) in [5.74, 6) is -0.260. The van der Waals surface area contributed by atoms with Crippen molar-refractivity contribution in [2.75, 3.05) is 6.54 Å². The Morgan fingerprint density at radius 3 is 1.83 bits per heavy atom. The second-order valence-electron chi connectivity index (χ2n) is 10.8. The molecule has 1 aromatic carbocycles. The van der Waals surface area contributed by atoms with Crippen molar-refractivity contribution in [1.82, 2.24) is 25.1 Å². The van der Waals surface area contributed by atoms with Gasteiger partial charge in [0.2, 0.25) is 5.91 Å². The molecule has 0 spiro atoms. The molecule has 2 aromatic heterocycles. The summed E-state index contributed by atoms with van der Waals surface area (Å²) in [4.78, 5) is 49.7. The number of carboxylic acid groups (broad SMARTS) is 1. The third-order valence-electron chi connectivity index (χ3n) is 6.20. The summed E-state index contributed by atoms with van der Waals surface area (Å²) >= 11 is 0. The molecule has 0 aliphatic rings. The fraction of sp³-hybridized carbons (Fsp3) is 0.387. The van der Waals surface area contributed by atoms with E-state index in [0.29, 0.717) is 38.9 Å². The van der Waals surface area contributed by atoms with Gasteiger partial charge in [0.25, 0.3) is 0 Å². The van der Waals surface area contributed by atoms with Gasteiger partial charge in [-0.25, -0.2) is 9.59 Å². The number of nitrogens with one attached hydrogen (secondary N) is 1. The van der Waals surface area contributed by atoms with Crippen LogP contribution in [0.5, 0.6) is 0 Å². The van der Waals surface area contributed by atoms with E-state index in [2.05, 4.69) is 15.3 Å². The summed E-state index contributed by atoms with van der Waals surface area (Å²) < 4.78 is 5.45. The van der Waals surface area contributed by atoms with Gasteiger partial charge < -0.3 is 25.0 Å². The van der Waals surface area contributed by atoms with Gasteiger partial charge in [-0.15, -0.1) is 0 Å². The molecule has 3 rings (SSSR count). The van der Waals surface area contributed by atoms with Crippen LogP contribution in [0.25, 0.3) is 0 Å². The number of pyridine rings is 2. The van der Waals surface area contributed by atoms with E-state index in [-0.39, 0.29) is 12.5 Å². The van der Waals surface area contributed by atoms with E-state index in [4.69, 9.17) is 4.74 Å². The standard InChI is InChI=1S/C31H39N5O5/c1-31(2,3)41-29(38)34-27(11-7-8-20-35(30(39)40)21-24-9-5-4-6-10-24)28(37)36(22-25-12-16-32-17-13-25)23-26-14-18-33-19-15-26/h4-6,9-10,12-19,27H,7-8,11,20-23H2,1-3H3,(H,34,38)(H,39,40)/t27-/m0/s1. The van der Waals surface area contributed by atoms with Gasteiger partial charge in [0, 0.05) is 51.0 Å². The highest BCUT2D eigenvalue weighted by atomic mass is 16.6. The first-order chi connectivity index (χ1) is 19.6. The quantitative estimate of drug-likeness (QED) is 0.273. The zero-order valence-electron chi connectivity index (χ0n) is 23.9. The summed E-state index contributed by atoms with van der Waals surface area (Å²) in [5.41, 5.74) is 1.97. The average Bonchev–Trinajstić information content (AvgIpc) is 2.94. The number of carbonyl (C=O) groups is 3. The number of benzene rings is 1. The number of hydrogen-bond donors (Lipinski definition) is 2. The maximum atomic E-state index is 14.0. The monoisotopic (exact) mass is 561 g/mol. The molecule has 10 heteroatoms. The maximum absolute atomic E-state index is 14.0. The lowest BCUT2D eigenvalue weighted by Crippen LogP contribution is -2.49. The molecule has 0 unspecified atom stereocenters. The first-order valence-electron chi connectivity index (χ1n) is 13.7. The third kappa shape index (κ3) is 11.3. The maximum Gasteiger partial charge on any atom is 0.408 e. The Bertz CT molecular complexity index is 1190. The van der Waals surface area contributed by atoms with Gasteiger partial charge >= 0.3 is 12.2 Å². The largest absolute Gasteiger partial charge is 0.465 e. The molecule has 0 bridgehead atoms. The summed E-state index contributed by atoms with van der Waals surface area (Å²) in [6, 6.07) is 15.9. The van der Waals surface area contributed by atoms with Crippen molar-refractivity contribution < 1.29 is 24.2 Å². The molecule has 0 aliphatic heterocycles. The molecule has 10 nitrogen and oxygen atoms in total. The fourth-order valence-corrected chi connectivity index (χ4v) is 4.25. The second-order valence-corrected chi connectivity index (χ2v) is 10.8. The number of amides is 3. The van der Waals surface area contributed by atoms with Crippen molar-refractivity contribution in [2.24, 2.45) is 0 Å². The van der Waals surface area contributed by atoms with Gasteiger partial charge in [-0.3, -0.25) is 14.8 Å². The van der Waals surface area contributed by atoms with E-state index in [9.17, 15) is 19.5 Å². The summed E-state index contributed by atoms with van der Waals surface area (Å²) in [5, 5.41) is 12.5. The topological polar surface area (TPSA) is 125 Å². The normalized spacial score (nSPS) is 11.8. The minimum atomic E-state index is -1.01. The van der Waals surface area contributed by atoms with Gasteiger partial charge in [-0.1, -0.05) is 30.3 Å². The third-order valence-corrected chi connectivity index (χ3v) is 6.20. The highest BCUT2D eigenvalue weighted by Crippen LogP contribution is 2.16. The molecule has 0 saturated carbocycles. The number of nitrogens with zero attached hydrogens (tertiary/aromatic N) is 4. The first kappa shape index (κ1) is 31.1. The molecule has 218 valence electrons. The van der Waals surface area contributed by atoms with Gasteiger partial charge in [0.15, 0.2) is 0 Å². The van der Waals surface area contributed by atoms with Crippen LogP contribution in [0.15, 0.2) is 79.4 Å². The van der Waals surface area contributed by atoms with Gasteiger partial charge in [-0.05, 0) is 81.0 Å². The lowest BCUT2D eigenvalue weighted by Gasteiger charge is -2.29. The van der Waals surface area contributed by atoms with Crippen molar-refractivity contribution in [3.05, 3.63) is 96.1 Å². The van der Waals surface area contributed by atoms with Gasteiger partial charge in [0.05, 0.1) is 0 Å². The second kappa shape index (κ2) is 15.4. The Morgan fingerprint density at radius 2 is 1.32 bits per heavy atom. The van der Waals surface area contributed by atoms with Crippen molar-refractivity contribution in [3.8, 4) is 0 Å². The van der Waals surface area contributed by atoms with E-state index in [1.165, 1.54) is 4.90 Å². The Hall–Kier alpha value is -4.47. The van der Waals surface area contributed by atoms with Crippen LogP contribution in [-0.2, 0) is 29.2 Å². The van der Waals surface area contributed by atoms with Crippen LogP contribution in [0.3, 0.4) is 0 Å². The minimum Gasteiger partial charge on any atom is -0.465 e. The lowest BCUT2D eigenvalue weighted by atomic mass is 10.1. The molecule has 0 aliphatic carbocycles. The number of alkyl carbamates (subject to hydrolysis) is 1. The molecule has 3 amide bonds. The number of hydrogen-bond acceptors (Lipinski definition) is 6. The molecule has 0 fully saturated rings. The fourth-order valence-electron chi connectivity index (χ4n) is 4.25. The molecular formula is C31H39N5O5. The first-order valence-corrected chi connectivity index (χ1v) is 13.7. The van der Waals surface area contributed by atoms with Crippen LogP contribution in [0, 0.1) is 0 Å². The molecule has 41 heavy (non-hydrogen) atoms. The van der Waals surface area contributed by atoms with Crippen molar-refractivity contribution in [1.29, 1.82) is 0 Å². The summed E-state index contributed by atoms with van der Waals surface area (Å²) in [6.45, 7) is 6.50. The average molecular weight is 562 g/mol. The van der Waals surface area contributed by atoms with Crippen LogP contribution >= 0.6 is 0 Å². The van der Waals surface area contributed by atoms with Crippen LogP contribution < -0.4 is 5.32 Å². The number of ether oxygens (including phenoxy) is 1. The Kier molecular flexibility index (Phi) is 11.6. The predicted molar refractivity (Wildman–Crippen MR) is 155 cm³/mol. The van der Waals surface area contributed by atoms with Crippen molar-refractivity contribution in [3.63, 3.8) is 0 Å². The Balaban J connectivity index is 1.73. The molecule has 3 aromatic rings. The van der Waals surface area contributed by atoms with Crippen LogP contribution in [-0.4, -0.2) is 61.2 Å². The molecule has 0 saturated heterocycles. The van der Waals surface area contributed by atoms with Crippen LogP contribution in [0.1, 0.15) is 56.7 Å². The van der Waals surface area contributed by atoms with Crippen LogP contribution in [0.2, 0.25) is 0 Å². The van der Waals surface area contributed by atoms with E-state index in [0.717, 1.165) is 16.7 Å². The number of aromatic nitrogens is 2. The van der Waals surface area contributed by atoms with E-state index in [1.807, 2.05) is 54.6 Å². The van der Waals surface area contributed by atoms with E-state index >= 15 is 0 Å². The number of carbonyl (C=O) groups excluding carboxylic acids is 2. The van der Waals surface area contributed by atoms with Gasteiger partial charge in [-0.2, -0.15) is 0 Å².